The highest BCUT2D eigenvalue weighted by Gasteiger charge is 2.28. The molecule has 1 saturated carbocycles. The van der Waals surface area contributed by atoms with Crippen molar-refractivity contribution in [3.8, 4) is 17.2 Å². The SMILES string of the molecule is COc1cc(Nc2nccc(Nc3c(C)c(C)nn3[C@H]3CCCC[C@@H]3O)n2)cc(OC)c1OC. The second-order valence-corrected chi connectivity index (χ2v) is 8.35. The van der Waals surface area contributed by atoms with Crippen LogP contribution in [0.2, 0.25) is 0 Å². The van der Waals surface area contributed by atoms with Gasteiger partial charge in [-0.15, -0.1) is 0 Å². The lowest BCUT2D eigenvalue weighted by atomic mass is 9.93. The number of methoxy groups -OCH3 is 3. The van der Waals surface area contributed by atoms with Crippen LogP contribution < -0.4 is 24.8 Å². The molecular formula is C24H32N6O4. The molecule has 0 spiro atoms. The van der Waals surface area contributed by atoms with Crippen LogP contribution in [-0.2, 0) is 0 Å². The zero-order valence-corrected chi connectivity index (χ0v) is 20.3. The maximum absolute atomic E-state index is 10.6. The predicted molar refractivity (Wildman–Crippen MR) is 130 cm³/mol. The molecule has 10 nitrogen and oxygen atoms in total. The number of hydrogen-bond donors (Lipinski definition) is 3. The van der Waals surface area contributed by atoms with Crippen molar-refractivity contribution in [2.45, 2.75) is 51.7 Å². The van der Waals surface area contributed by atoms with Gasteiger partial charge >= 0.3 is 0 Å². The number of ether oxygens (including phenoxy) is 3. The molecule has 3 aromatic rings. The summed E-state index contributed by atoms with van der Waals surface area (Å²) in [4.78, 5) is 8.97. The molecule has 4 rings (SSSR count). The van der Waals surface area contributed by atoms with E-state index in [1.165, 1.54) is 0 Å². The van der Waals surface area contributed by atoms with E-state index in [9.17, 15) is 5.11 Å². The number of aromatic nitrogens is 4. The standard InChI is InChI=1S/C24H32N6O4/c1-14-15(2)29-30(17-8-6-7-9-18(17)31)23(14)27-21-10-11-25-24(28-21)26-16-12-19(32-3)22(34-5)20(13-16)33-4/h10-13,17-18,31H,6-9H2,1-5H3,(H2,25,26,27,28)/t17-,18-/m0/s1. The zero-order chi connectivity index (χ0) is 24.2. The molecule has 0 bridgehead atoms. The van der Waals surface area contributed by atoms with Gasteiger partial charge in [0.15, 0.2) is 11.5 Å². The van der Waals surface area contributed by atoms with Crippen LogP contribution in [0.1, 0.15) is 43.0 Å². The lowest BCUT2D eigenvalue weighted by Gasteiger charge is -2.29. The molecule has 34 heavy (non-hydrogen) atoms. The molecule has 3 N–H and O–H groups in total. The average molecular weight is 469 g/mol. The molecule has 182 valence electrons. The summed E-state index contributed by atoms with van der Waals surface area (Å²) >= 11 is 0. The van der Waals surface area contributed by atoms with Crippen molar-refractivity contribution in [1.29, 1.82) is 0 Å². The molecule has 2 aromatic heterocycles. The molecule has 2 heterocycles. The normalized spacial score (nSPS) is 17.8. The largest absolute Gasteiger partial charge is 0.493 e. The van der Waals surface area contributed by atoms with Crippen molar-refractivity contribution in [2.24, 2.45) is 0 Å². The first-order valence-electron chi connectivity index (χ1n) is 11.4. The summed E-state index contributed by atoms with van der Waals surface area (Å²) in [6.45, 7) is 4.00. The van der Waals surface area contributed by atoms with Gasteiger partial charge in [0.1, 0.15) is 11.6 Å². The quantitative estimate of drug-likeness (QED) is 0.445. The molecule has 0 aliphatic heterocycles. The third-order valence-electron chi connectivity index (χ3n) is 6.22. The summed E-state index contributed by atoms with van der Waals surface area (Å²) in [5, 5.41) is 21.9. The minimum atomic E-state index is -0.407. The van der Waals surface area contributed by atoms with Gasteiger partial charge in [0, 0.05) is 29.6 Å². The summed E-state index contributed by atoms with van der Waals surface area (Å²) in [6.07, 6.45) is 5.08. The van der Waals surface area contributed by atoms with E-state index < -0.39 is 6.10 Å². The molecule has 0 unspecified atom stereocenters. The van der Waals surface area contributed by atoms with Gasteiger partial charge in [-0.3, -0.25) is 0 Å². The minimum Gasteiger partial charge on any atom is -0.493 e. The number of aryl methyl sites for hydroxylation is 1. The smallest absolute Gasteiger partial charge is 0.229 e. The fourth-order valence-corrected chi connectivity index (χ4v) is 4.29. The maximum Gasteiger partial charge on any atom is 0.229 e. The molecule has 2 atom stereocenters. The number of rotatable bonds is 8. The minimum absolute atomic E-state index is 0.0534. The van der Waals surface area contributed by atoms with E-state index in [4.69, 9.17) is 19.3 Å². The van der Waals surface area contributed by atoms with Gasteiger partial charge in [0.25, 0.3) is 0 Å². The highest BCUT2D eigenvalue weighted by Crippen LogP contribution is 2.40. The number of anilines is 4. The van der Waals surface area contributed by atoms with Crippen LogP contribution in [0.15, 0.2) is 24.4 Å². The zero-order valence-electron chi connectivity index (χ0n) is 20.3. The first kappa shape index (κ1) is 23.6. The van der Waals surface area contributed by atoms with E-state index >= 15 is 0 Å². The van der Waals surface area contributed by atoms with E-state index in [0.29, 0.717) is 34.7 Å². The number of nitrogens with zero attached hydrogens (tertiary/aromatic N) is 4. The Morgan fingerprint density at radius 2 is 1.71 bits per heavy atom. The third kappa shape index (κ3) is 4.72. The summed E-state index contributed by atoms with van der Waals surface area (Å²) in [5.74, 6) is 3.41. The second kappa shape index (κ2) is 10.2. The van der Waals surface area contributed by atoms with Gasteiger partial charge in [-0.05, 0) is 32.8 Å². The predicted octanol–water partition coefficient (Wildman–Crippen LogP) is 4.28. The highest BCUT2D eigenvalue weighted by atomic mass is 16.5. The van der Waals surface area contributed by atoms with Gasteiger partial charge in [0.05, 0.1) is 39.2 Å². The molecule has 0 radical (unpaired) electrons. The molecule has 1 fully saturated rings. The molecular weight excluding hydrogens is 436 g/mol. The van der Waals surface area contributed by atoms with E-state index in [-0.39, 0.29) is 6.04 Å². The van der Waals surface area contributed by atoms with Crippen molar-refractivity contribution < 1.29 is 19.3 Å². The topological polar surface area (TPSA) is 116 Å². The second-order valence-electron chi connectivity index (χ2n) is 8.35. The molecule has 10 heteroatoms. The number of hydrogen-bond acceptors (Lipinski definition) is 9. The summed E-state index contributed by atoms with van der Waals surface area (Å²) in [6, 6.07) is 5.32. The van der Waals surface area contributed by atoms with Gasteiger partial charge in [-0.2, -0.15) is 10.1 Å². The molecule has 1 aliphatic rings. The Hall–Kier alpha value is -3.53. The lowest BCUT2D eigenvalue weighted by Crippen LogP contribution is -2.29. The number of aliphatic hydroxyl groups is 1. The van der Waals surface area contributed by atoms with Gasteiger partial charge in [-0.25, -0.2) is 9.67 Å². The fourth-order valence-electron chi connectivity index (χ4n) is 4.29. The molecule has 1 aliphatic carbocycles. The Balaban J connectivity index is 1.60. The number of benzene rings is 1. The average Bonchev–Trinajstić information content (AvgIpc) is 3.12. The molecule has 0 amide bonds. The van der Waals surface area contributed by atoms with Crippen LogP contribution in [-0.4, -0.2) is 52.3 Å². The van der Waals surface area contributed by atoms with Crippen molar-refractivity contribution in [3.05, 3.63) is 35.7 Å². The first-order chi connectivity index (χ1) is 16.4. The Labute approximate surface area is 199 Å². The lowest BCUT2D eigenvalue weighted by molar-refractivity contribution is 0.0704. The summed E-state index contributed by atoms with van der Waals surface area (Å²) in [5.41, 5.74) is 2.63. The third-order valence-corrected chi connectivity index (χ3v) is 6.22. The molecule has 0 saturated heterocycles. The van der Waals surface area contributed by atoms with Crippen molar-refractivity contribution in [1.82, 2.24) is 19.7 Å². The van der Waals surface area contributed by atoms with Gasteiger partial charge in [0.2, 0.25) is 11.7 Å². The van der Waals surface area contributed by atoms with E-state index in [1.54, 1.807) is 45.7 Å². The summed E-state index contributed by atoms with van der Waals surface area (Å²) in [7, 11) is 4.70. The monoisotopic (exact) mass is 468 g/mol. The first-order valence-corrected chi connectivity index (χ1v) is 11.4. The van der Waals surface area contributed by atoms with Crippen LogP contribution in [0.3, 0.4) is 0 Å². The van der Waals surface area contributed by atoms with Crippen LogP contribution in [0.4, 0.5) is 23.3 Å². The Morgan fingerprint density at radius 1 is 1.00 bits per heavy atom. The summed E-state index contributed by atoms with van der Waals surface area (Å²) < 4.78 is 18.2. The maximum atomic E-state index is 10.6. The van der Waals surface area contributed by atoms with Crippen LogP contribution >= 0.6 is 0 Å². The van der Waals surface area contributed by atoms with Gasteiger partial charge in [-0.1, -0.05) is 12.8 Å². The highest BCUT2D eigenvalue weighted by molar-refractivity contribution is 5.66. The van der Waals surface area contributed by atoms with Crippen LogP contribution in [0.5, 0.6) is 17.2 Å². The Bertz CT molecular complexity index is 1120. The Kier molecular flexibility index (Phi) is 7.06. The number of nitrogens with one attached hydrogen (secondary N) is 2. The van der Waals surface area contributed by atoms with Crippen molar-refractivity contribution >= 4 is 23.3 Å². The van der Waals surface area contributed by atoms with E-state index in [0.717, 1.165) is 42.8 Å². The Morgan fingerprint density at radius 3 is 2.35 bits per heavy atom. The number of aliphatic hydroxyl groups excluding tert-OH is 1. The van der Waals surface area contributed by atoms with Crippen molar-refractivity contribution in [2.75, 3.05) is 32.0 Å². The van der Waals surface area contributed by atoms with E-state index in [2.05, 4.69) is 20.6 Å². The van der Waals surface area contributed by atoms with Crippen LogP contribution in [0, 0.1) is 13.8 Å². The van der Waals surface area contributed by atoms with Crippen LogP contribution in [0.25, 0.3) is 0 Å². The molecule has 1 aromatic carbocycles. The van der Waals surface area contributed by atoms with Gasteiger partial charge < -0.3 is 30.0 Å². The van der Waals surface area contributed by atoms with E-state index in [1.807, 2.05) is 18.5 Å². The van der Waals surface area contributed by atoms with Crippen molar-refractivity contribution in [3.63, 3.8) is 0 Å². The fraction of sp³-hybridized carbons (Fsp3) is 0.458.